The molecule has 3 N–H and O–H groups in total. The van der Waals surface area contributed by atoms with Gasteiger partial charge in [0.1, 0.15) is 11.7 Å². The van der Waals surface area contributed by atoms with E-state index in [1.54, 1.807) is 13.2 Å². The zero-order chi connectivity index (χ0) is 26.5. The molecule has 0 spiro atoms. The number of aliphatic carboxylic acids is 1. The molecule has 0 bridgehead atoms. The summed E-state index contributed by atoms with van der Waals surface area (Å²) in [4.78, 5) is 30.4. The SMILES string of the molecule is COCC[C@H]1CN(C2=Nc3ccc(F)cc3Nc3ccc(C(C)C)cc32)C(OC(=O)CCC(=O)O)CN1. The fourth-order valence-corrected chi connectivity index (χ4v) is 4.46. The molecule has 10 heteroatoms. The Bertz CT molecular complexity index is 1190. The van der Waals surface area contributed by atoms with Crippen molar-refractivity contribution in [2.45, 2.75) is 51.3 Å². The summed E-state index contributed by atoms with van der Waals surface area (Å²) in [6.07, 6.45) is -0.508. The highest BCUT2D eigenvalue weighted by Gasteiger charge is 2.35. The van der Waals surface area contributed by atoms with Crippen LogP contribution in [0.1, 0.15) is 50.2 Å². The number of methoxy groups -OCH3 is 1. The number of carboxylic acids is 1. The quantitative estimate of drug-likeness (QED) is 0.453. The van der Waals surface area contributed by atoms with Crippen molar-refractivity contribution in [3.8, 4) is 0 Å². The number of hydrogen-bond donors (Lipinski definition) is 3. The fourth-order valence-electron chi connectivity index (χ4n) is 4.46. The number of carboxylic acid groups (broad SMARTS) is 1. The standard InChI is InChI=1S/C27H33FN4O5/c1-16(2)17-4-6-21-20(12-17)27(31-22-7-5-18(28)13-23(22)30-21)32-15-19(10-11-36-3)29-14-24(32)37-26(35)9-8-25(33)34/h4-7,12-13,16,19,24,29-30H,8-11,14-15H2,1-3H3,(H,33,34)/t19-,24?/m0/s1. The highest BCUT2D eigenvalue weighted by atomic mass is 19.1. The van der Waals surface area contributed by atoms with Crippen molar-refractivity contribution >= 4 is 34.8 Å². The van der Waals surface area contributed by atoms with Crippen molar-refractivity contribution in [2.75, 3.05) is 32.1 Å². The first-order valence-electron chi connectivity index (χ1n) is 12.4. The van der Waals surface area contributed by atoms with Crippen LogP contribution in [-0.2, 0) is 19.1 Å². The van der Waals surface area contributed by atoms with Crippen molar-refractivity contribution < 1.29 is 28.6 Å². The Morgan fingerprint density at radius 1 is 1.19 bits per heavy atom. The Labute approximate surface area is 215 Å². The third-order valence-electron chi connectivity index (χ3n) is 6.50. The molecule has 2 atom stereocenters. The van der Waals surface area contributed by atoms with Crippen LogP contribution in [0.25, 0.3) is 0 Å². The monoisotopic (exact) mass is 512 g/mol. The lowest BCUT2D eigenvalue weighted by molar-refractivity contribution is -0.159. The smallest absolute Gasteiger partial charge is 0.308 e. The maximum Gasteiger partial charge on any atom is 0.308 e. The number of hydrogen-bond acceptors (Lipinski definition) is 8. The van der Waals surface area contributed by atoms with Crippen LogP contribution >= 0.6 is 0 Å². The van der Waals surface area contributed by atoms with Gasteiger partial charge in [0.15, 0.2) is 6.23 Å². The molecule has 2 aromatic carbocycles. The summed E-state index contributed by atoms with van der Waals surface area (Å²) in [5, 5.41) is 15.7. The molecule has 2 heterocycles. The van der Waals surface area contributed by atoms with E-state index >= 15 is 0 Å². The average Bonchev–Trinajstić information content (AvgIpc) is 3.02. The largest absolute Gasteiger partial charge is 0.481 e. The third kappa shape index (κ3) is 6.44. The number of aliphatic imine (C=N–C) groups is 1. The Hall–Kier alpha value is -3.50. The van der Waals surface area contributed by atoms with Crippen LogP contribution in [0.2, 0.25) is 0 Å². The normalized spacial score (nSPS) is 18.8. The van der Waals surface area contributed by atoms with Gasteiger partial charge in [-0.2, -0.15) is 0 Å². The number of benzene rings is 2. The first-order chi connectivity index (χ1) is 17.7. The van der Waals surface area contributed by atoms with Crippen LogP contribution in [0.3, 0.4) is 0 Å². The Morgan fingerprint density at radius 2 is 2.00 bits per heavy atom. The predicted octanol–water partition coefficient (Wildman–Crippen LogP) is 4.13. The molecule has 1 saturated heterocycles. The first kappa shape index (κ1) is 26.6. The number of esters is 1. The average molecular weight is 513 g/mol. The third-order valence-corrected chi connectivity index (χ3v) is 6.50. The van der Waals surface area contributed by atoms with E-state index in [-0.39, 0.29) is 30.6 Å². The van der Waals surface area contributed by atoms with Crippen LogP contribution in [0.15, 0.2) is 41.4 Å². The molecule has 0 saturated carbocycles. The molecule has 1 unspecified atom stereocenters. The second kappa shape index (κ2) is 11.7. The number of piperazine rings is 1. The summed E-state index contributed by atoms with van der Waals surface area (Å²) in [6, 6.07) is 10.5. The van der Waals surface area contributed by atoms with Gasteiger partial charge < -0.3 is 30.1 Å². The number of carbonyl (C=O) groups excluding carboxylic acids is 1. The summed E-state index contributed by atoms with van der Waals surface area (Å²) >= 11 is 0. The highest BCUT2D eigenvalue weighted by molar-refractivity contribution is 6.08. The number of carbonyl (C=O) groups is 2. The highest BCUT2D eigenvalue weighted by Crippen LogP contribution is 2.37. The minimum Gasteiger partial charge on any atom is -0.481 e. The minimum absolute atomic E-state index is 0.0391. The predicted molar refractivity (Wildman–Crippen MR) is 138 cm³/mol. The number of nitrogens with zero attached hydrogens (tertiary/aromatic N) is 2. The zero-order valence-electron chi connectivity index (χ0n) is 21.3. The van der Waals surface area contributed by atoms with E-state index in [1.165, 1.54) is 12.1 Å². The van der Waals surface area contributed by atoms with E-state index in [4.69, 9.17) is 19.6 Å². The van der Waals surface area contributed by atoms with Gasteiger partial charge in [-0.3, -0.25) is 9.59 Å². The Balaban J connectivity index is 1.77. The number of nitrogens with one attached hydrogen (secondary N) is 2. The molecule has 0 amide bonds. The van der Waals surface area contributed by atoms with Crippen molar-refractivity contribution in [1.82, 2.24) is 10.2 Å². The lowest BCUT2D eigenvalue weighted by atomic mass is 9.98. The maximum atomic E-state index is 14.1. The van der Waals surface area contributed by atoms with Gasteiger partial charge in [0.25, 0.3) is 0 Å². The number of halogens is 1. The van der Waals surface area contributed by atoms with Gasteiger partial charge >= 0.3 is 11.9 Å². The molecule has 37 heavy (non-hydrogen) atoms. The summed E-state index contributed by atoms with van der Waals surface area (Å²) < 4.78 is 25.2. The Morgan fingerprint density at radius 3 is 2.73 bits per heavy atom. The number of anilines is 2. The summed E-state index contributed by atoms with van der Waals surface area (Å²) in [5.74, 6) is -1.18. The van der Waals surface area contributed by atoms with E-state index < -0.39 is 18.2 Å². The molecule has 1 fully saturated rings. The van der Waals surface area contributed by atoms with Crippen molar-refractivity contribution in [3.05, 3.63) is 53.3 Å². The van der Waals surface area contributed by atoms with Gasteiger partial charge in [-0.25, -0.2) is 9.38 Å². The second-order valence-corrected chi connectivity index (χ2v) is 9.56. The molecule has 0 aliphatic carbocycles. The molecule has 198 valence electrons. The number of amidine groups is 1. The summed E-state index contributed by atoms with van der Waals surface area (Å²) in [5.41, 5.74) is 3.76. The van der Waals surface area contributed by atoms with E-state index in [2.05, 4.69) is 30.5 Å². The van der Waals surface area contributed by atoms with E-state index in [0.717, 1.165) is 23.2 Å². The summed E-state index contributed by atoms with van der Waals surface area (Å²) in [6.45, 7) is 5.56. The molecule has 2 aliphatic rings. The van der Waals surface area contributed by atoms with Gasteiger partial charge in [-0.05, 0) is 48.2 Å². The molecule has 9 nitrogen and oxygen atoms in total. The molecular weight excluding hydrogens is 479 g/mol. The minimum atomic E-state index is -1.06. The van der Waals surface area contributed by atoms with Gasteiger partial charge in [-0.15, -0.1) is 0 Å². The van der Waals surface area contributed by atoms with Gasteiger partial charge in [0.05, 0.1) is 30.8 Å². The van der Waals surface area contributed by atoms with E-state index in [9.17, 15) is 14.0 Å². The fraction of sp³-hybridized carbons (Fsp3) is 0.444. The zero-order valence-corrected chi connectivity index (χ0v) is 21.3. The molecular formula is C27H33FN4O5. The molecule has 4 rings (SSSR count). The molecule has 2 aromatic rings. The lowest BCUT2D eigenvalue weighted by Crippen LogP contribution is -2.60. The van der Waals surface area contributed by atoms with Gasteiger partial charge in [0.2, 0.25) is 0 Å². The maximum absolute atomic E-state index is 14.1. The topological polar surface area (TPSA) is 112 Å². The van der Waals surface area contributed by atoms with E-state index in [0.29, 0.717) is 36.9 Å². The van der Waals surface area contributed by atoms with Crippen LogP contribution in [0.5, 0.6) is 0 Å². The van der Waals surface area contributed by atoms with Crippen molar-refractivity contribution in [2.24, 2.45) is 4.99 Å². The number of fused-ring (bicyclic) bond motifs is 2. The molecule has 2 aliphatic heterocycles. The molecule has 0 radical (unpaired) electrons. The van der Waals surface area contributed by atoms with Crippen LogP contribution in [0, 0.1) is 5.82 Å². The Kier molecular flexibility index (Phi) is 8.40. The van der Waals surface area contributed by atoms with Crippen LogP contribution in [0.4, 0.5) is 21.5 Å². The first-order valence-corrected chi connectivity index (χ1v) is 12.4. The van der Waals surface area contributed by atoms with Crippen molar-refractivity contribution in [3.63, 3.8) is 0 Å². The van der Waals surface area contributed by atoms with Crippen LogP contribution < -0.4 is 10.6 Å². The van der Waals surface area contributed by atoms with Gasteiger partial charge in [-0.1, -0.05) is 19.9 Å². The lowest BCUT2D eigenvalue weighted by Gasteiger charge is -2.41. The van der Waals surface area contributed by atoms with Crippen molar-refractivity contribution in [1.29, 1.82) is 0 Å². The second-order valence-electron chi connectivity index (χ2n) is 9.56. The number of ether oxygens (including phenoxy) is 2. The van der Waals surface area contributed by atoms with Crippen LogP contribution in [-0.4, -0.2) is 66.9 Å². The molecule has 0 aromatic heterocycles. The number of rotatable bonds is 8. The van der Waals surface area contributed by atoms with E-state index in [1.807, 2.05) is 17.0 Å². The summed E-state index contributed by atoms with van der Waals surface area (Å²) in [7, 11) is 1.65. The van der Waals surface area contributed by atoms with Gasteiger partial charge in [0, 0.05) is 37.6 Å².